The molecule has 3 atom stereocenters. The van der Waals surface area contributed by atoms with E-state index in [1.54, 1.807) is 0 Å². The zero-order valence-electron chi connectivity index (χ0n) is 13.0. The number of aryl methyl sites for hydroxylation is 1. The summed E-state index contributed by atoms with van der Waals surface area (Å²) in [5.41, 5.74) is 8.10. The molecule has 3 unspecified atom stereocenters. The molecule has 1 aromatic carbocycles. The normalized spacial score (nSPS) is 36.2. The lowest BCUT2D eigenvalue weighted by atomic mass is 9.59. The second kappa shape index (κ2) is 5.71. The summed E-state index contributed by atoms with van der Waals surface area (Å²) in [4.78, 5) is 0. The minimum Gasteiger partial charge on any atom is -0.389 e. The fourth-order valence-corrected chi connectivity index (χ4v) is 4.24. The van der Waals surface area contributed by atoms with E-state index < -0.39 is 5.60 Å². The number of hydrogen-bond acceptors (Lipinski definition) is 3. The Labute approximate surface area is 127 Å². The number of rotatable bonds is 3. The van der Waals surface area contributed by atoms with Crippen LogP contribution in [0, 0.1) is 5.41 Å². The maximum atomic E-state index is 11.4. The Bertz CT molecular complexity index is 504. The van der Waals surface area contributed by atoms with Gasteiger partial charge in [-0.1, -0.05) is 31.2 Å². The predicted molar refractivity (Wildman–Crippen MR) is 84.2 cm³/mol. The van der Waals surface area contributed by atoms with E-state index in [1.165, 1.54) is 11.1 Å². The van der Waals surface area contributed by atoms with E-state index in [9.17, 15) is 5.11 Å². The van der Waals surface area contributed by atoms with Gasteiger partial charge >= 0.3 is 0 Å². The van der Waals surface area contributed by atoms with Gasteiger partial charge in [-0.2, -0.15) is 0 Å². The molecule has 0 bridgehead atoms. The summed E-state index contributed by atoms with van der Waals surface area (Å²) in [5.74, 6) is 0. The van der Waals surface area contributed by atoms with Crippen molar-refractivity contribution in [1.82, 2.24) is 0 Å². The molecule has 3 rings (SSSR count). The van der Waals surface area contributed by atoms with Crippen molar-refractivity contribution in [3.05, 3.63) is 35.4 Å². The summed E-state index contributed by atoms with van der Waals surface area (Å²) in [6, 6.07) is 8.59. The first kappa shape index (κ1) is 15.0. The zero-order chi connectivity index (χ0) is 14.9. The number of aliphatic hydroxyl groups is 1. The molecule has 1 saturated heterocycles. The third kappa shape index (κ3) is 2.52. The van der Waals surface area contributed by atoms with Crippen molar-refractivity contribution in [1.29, 1.82) is 0 Å². The fourth-order valence-electron chi connectivity index (χ4n) is 4.24. The highest BCUT2D eigenvalue weighted by molar-refractivity contribution is 5.32. The van der Waals surface area contributed by atoms with Crippen LogP contribution in [0.5, 0.6) is 0 Å². The Kier molecular flexibility index (Phi) is 4.08. The summed E-state index contributed by atoms with van der Waals surface area (Å²) in [5, 5.41) is 11.4. The molecular weight excluding hydrogens is 262 g/mol. The van der Waals surface area contributed by atoms with Gasteiger partial charge in [-0.05, 0) is 36.8 Å². The van der Waals surface area contributed by atoms with Gasteiger partial charge in [0.15, 0.2) is 0 Å². The van der Waals surface area contributed by atoms with Crippen molar-refractivity contribution in [3.8, 4) is 0 Å². The Hall–Kier alpha value is -0.900. The van der Waals surface area contributed by atoms with E-state index in [4.69, 9.17) is 10.5 Å². The van der Waals surface area contributed by atoms with Crippen LogP contribution in [0.25, 0.3) is 0 Å². The smallest absolute Gasteiger partial charge is 0.0765 e. The molecule has 1 heterocycles. The number of fused-ring (bicyclic) bond motifs is 1. The highest BCUT2D eigenvalue weighted by atomic mass is 16.5. The summed E-state index contributed by atoms with van der Waals surface area (Å²) in [6.45, 7) is 3.33. The van der Waals surface area contributed by atoms with Gasteiger partial charge in [-0.15, -0.1) is 0 Å². The van der Waals surface area contributed by atoms with Crippen LogP contribution in [0.2, 0.25) is 0 Å². The molecule has 21 heavy (non-hydrogen) atoms. The Morgan fingerprint density at radius 3 is 2.76 bits per heavy atom. The fraction of sp³-hybridized carbons (Fsp3) is 0.667. The number of benzene rings is 1. The Morgan fingerprint density at radius 1 is 1.29 bits per heavy atom. The molecule has 3 heteroatoms. The molecule has 1 aliphatic heterocycles. The van der Waals surface area contributed by atoms with E-state index in [0.29, 0.717) is 19.6 Å². The van der Waals surface area contributed by atoms with Gasteiger partial charge in [0.05, 0.1) is 11.7 Å². The minimum absolute atomic E-state index is 0.171. The molecule has 2 aliphatic rings. The first-order valence-electron chi connectivity index (χ1n) is 8.23. The first-order valence-corrected chi connectivity index (χ1v) is 8.23. The van der Waals surface area contributed by atoms with Crippen LogP contribution in [-0.2, 0) is 17.6 Å². The third-order valence-electron chi connectivity index (χ3n) is 5.79. The Balaban J connectivity index is 1.91. The van der Waals surface area contributed by atoms with Crippen molar-refractivity contribution in [2.45, 2.75) is 57.2 Å². The van der Waals surface area contributed by atoms with Gasteiger partial charge in [0.2, 0.25) is 0 Å². The van der Waals surface area contributed by atoms with Crippen molar-refractivity contribution >= 4 is 0 Å². The van der Waals surface area contributed by atoms with Crippen molar-refractivity contribution in [3.63, 3.8) is 0 Å². The standard InChI is InChI=1S/C18H27NO2/c1-2-16-12-18(20,9-10-21-16)17(13-19)8-7-14-5-3-4-6-15(14)11-17/h3-6,16,20H,2,7-13,19H2,1H3. The van der Waals surface area contributed by atoms with E-state index >= 15 is 0 Å². The van der Waals surface area contributed by atoms with Gasteiger partial charge in [0.1, 0.15) is 0 Å². The maximum absolute atomic E-state index is 11.4. The van der Waals surface area contributed by atoms with Gasteiger partial charge in [0, 0.05) is 31.4 Å². The van der Waals surface area contributed by atoms with Gasteiger partial charge in [0.25, 0.3) is 0 Å². The molecule has 1 fully saturated rings. The van der Waals surface area contributed by atoms with E-state index in [0.717, 1.165) is 32.1 Å². The Morgan fingerprint density at radius 2 is 2.05 bits per heavy atom. The van der Waals surface area contributed by atoms with E-state index in [-0.39, 0.29) is 11.5 Å². The highest BCUT2D eigenvalue weighted by Gasteiger charge is 2.52. The molecule has 1 aromatic rings. The molecule has 0 aromatic heterocycles. The monoisotopic (exact) mass is 289 g/mol. The number of hydrogen-bond donors (Lipinski definition) is 2. The lowest BCUT2D eigenvalue weighted by molar-refractivity contribution is -0.170. The predicted octanol–water partition coefficient (Wildman–Crippen LogP) is 2.44. The van der Waals surface area contributed by atoms with E-state index in [2.05, 4.69) is 31.2 Å². The van der Waals surface area contributed by atoms with Crippen molar-refractivity contribution < 1.29 is 9.84 Å². The molecule has 3 nitrogen and oxygen atoms in total. The lowest BCUT2D eigenvalue weighted by Crippen LogP contribution is -2.59. The summed E-state index contributed by atoms with van der Waals surface area (Å²) in [6.07, 6.45) is 5.46. The van der Waals surface area contributed by atoms with Crippen LogP contribution in [0.4, 0.5) is 0 Å². The van der Waals surface area contributed by atoms with Crippen LogP contribution in [0.3, 0.4) is 0 Å². The lowest BCUT2D eigenvalue weighted by Gasteiger charge is -2.52. The molecule has 1 aliphatic carbocycles. The van der Waals surface area contributed by atoms with Crippen molar-refractivity contribution in [2.75, 3.05) is 13.2 Å². The molecule has 0 saturated carbocycles. The topological polar surface area (TPSA) is 55.5 Å². The first-order chi connectivity index (χ1) is 10.1. The van der Waals surface area contributed by atoms with Crippen molar-refractivity contribution in [2.24, 2.45) is 11.1 Å². The molecule has 0 amide bonds. The second-order valence-corrected chi connectivity index (χ2v) is 6.82. The van der Waals surface area contributed by atoms with Gasteiger partial charge in [-0.25, -0.2) is 0 Å². The summed E-state index contributed by atoms with van der Waals surface area (Å²) >= 11 is 0. The van der Waals surface area contributed by atoms with Crippen LogP contribution < -0.4 is 5.73 Å². The molecule has 116 valence electrons. The second-order valence-electron chi connectivity index (χ2n) is 6.82. The van der Waals surface area contributed by atoms with Crippen LogP contribution in [-0.4, -0.2) is 30.0 Å². The maximum Gasteiger partial charge on any atom is 0.0765 e. The van der Waals surface area contributed by atoms with Crippen LogP contribution in [0.15, 0.2) is 24.3 Å². The van der Waals surface area contributed by atoms with Crippen LogP contribution in [0.1, 0.15) is 43.7 Å². The summed E-state index contributed by atoms with van der Waals surface area (Å²) < 4.78 is 5.77. The number of nitrogens with two attached hydrogens (primary N) is 1. The SMILES string of the molecule is CCC1CC(O)(C2(CN)CCc3ccccc3C2)CCO1. The van der Waals surface area contributed by atoms with Gasteiger partial charge < -0.3 is 15.6 Å². The molecular formula is C18H27NO2. The average molecular weight is 289 g/mol. The van der Waals surface area contributed by atoms with Gasteiger partial charge in [-0.3, -0.25) is 0 Å². The number of ether oxygens (including phenoxy) is 1. The quantitative estimate of drug-likeness (QED) is 0.898. The zero-order valence-corrected chi connectivity index (χ0v) is 13.0. The molecule has 0 radical (unpaired) electrons. The molecule has 3 N–H and O–H groups in total. The highest BCUT2D eigenvalue weighted by Crippen LogP contribution is 2.48. The minimum atomic E-state index is -0.686. The third-order valence-corrected chi connectivity index (χ3v) is 5.79. The summed E-state index contributed by atoms with van der Waals surface area (Å²) in [7, 11) is 0. The molecule has 0 spiro atoms. The van der Waals surface area contributed by atoms with Crippen LogP contribution >= 0.6 is 0 Å². The average Bonchev–Trinajstić information content (AvgIpc) is 2.54. The largest absolute Gasteiger partial charge is 0.389 e. The van der Waals surface area contributed by atoms with E-state index in [1.807, 2.05) is 0 Å².